The molecular formula is C22H31N4O5P. The first-order valence-corrected chi connectivity index (χ1v) is 12.5. The third-order valence-corrected chi connectivity index (χ3v) is 7.13. The normalized spacial score (nSPS) is 12.8. The van der Waals surface area contributed by atoms with Crippen molar-refractivity contribution in [2.24, 2.45) is 5.92 Å². The number of hydrogen-bond donors (Lipinski definition) is 3. The van der Waals surface area contributed by atoms with E-state index in [1.165, 1.54) is 6.33 Å². The van der Waals surface area contributed by atoms with Crippen LogP contribution >= 0.6 is 7.60 Å². The average Bonchev–Trinajstić information content (AvgIpc) is 3.21. The SMILES string of the molecule is CCOP(=O)(CC(CO)CNCc1c[nH]c2c(OCc3ccccc3)ncnc12)OCC. The maximum Gasteiger partial charge on any atom is 0.331 e. The minimum absolute atomic E-state index is 0.120. The van der Waals surface area contributed by atoms with Crippen LogP contribution in [0.3, 0.4) is 0 Å². The van der Waals surface area contributed by atoms with Gasteiger partial charge in [-0.25, -0.2) is 4.98 Å². The lowest BCUT2D eigenvalue weighted by molar-refractivity contribution is 0.196. The molecule has 0 fully saturated rings. The van der Waals surface area contributed by atoms with Gasteiger partial charge < -0.3 is 29.2 Å². The Kier molecular flexibility index (Phi) is 9.20. The molecule has 3 rings (SSSR count). The van der Waals surface area contributed by atoms with Crippen LogP contribution in [0.25, 0.3) is 11.0 Å². The zero-order valence-corrected chi connectivity index (χ0v) is 19.4. The van der Waals surface area contributed by atoms with E-state index in [2.05, 4.69) is 20.3 Å². The number of rotatable bonds is 14. The van der Waals surface area contributed by atoms with Gasteiger partial charge >= 0.3 is 7.60 Å². The van der Waals surface area contributed by atoms with E-state index in [-0.39, 0.29) is 18.7 Å². The number of aliphatic hydroxyl groups is 1. The number of nitrogens with one attached hydrogen (secondary N) is 2. The van der Waals surface area contributed by atoms with Crippen molar-refractivity contribution in [3.63, 3.8) is 0 Å². The van der Waals surface area contributed by atoms with Crippen LogP contribution in [0, 0.1) is 5.92 Å². The first-order valence-electron chi connectivity index (χ1n) is 10.8. The van der Waals surface area contributed by atoms with E-state index in [1.54, 1.807) is 13.8 Å². The van der Waals surface area contributed by atoms with Gasteiger partial charge in [-0.2, -0.15) is 4.98 Å². The highest BCUT2D eigenvalue weighted by molar-refractivity contribution is 7.53. The van der Waals surface area contributed by atoms with Crippen molar-refractivity contribution < 1.29 is 23.5 Å². The van der Waals surface area contributed by atoms with E-state index < -0.39 is 7.60 Å². The summed E-state index contributed by atoms with van der Waals surface area (Å²) in [5.41, 5.74) is 3.50. The van der Waals surface area contributed by atoms with Gasteiger partial charge in [0, 0.05) is 37.4 Å². The first-order chi connectivity index (χ1) is 15.6. The van der Waals surface area contributed by atoms with Crippen LogP contribution in [0.5, 0.6) is 5.88 Å². The van der Waals surface area contributed by atoms with Crippen LogP contribution in [0.4, 0.5) is 0 Å². The Hall–Kier alpha value is -2.29. The Morgan fingerprint density at radius 3 is 2.59 bits per heavy atom. The highest BCUT2D eigenvalue weighted by Crippen LogP contribution is 2.49. The van der Waals surface area contributed by atoms with Crippen molar-refractivity contribution in [1.29, 1.82) is 0 Å². The molecule has 3 aromatic rings. The van der Waals surface area contributed by atoms with Gasteiger partial charge in [-0.3, -0.25) is 4.57 Å². The summed E-state index contributed by atoms with van der Waals surface area (Å²) in [5, 5.41) is 13.0. The van der Waals surface area contributed by atoms with E-state index in [9.17, 15) is 9.67 Å². The minimum atomic E-state index is -3.21. The molecular weight excluding hydrogens is 431 g/mol. The van der Waals surface area contributed by atoms with Gasteiger partial charge in [0.1, 0.15) is 18.5 Å². The minimum Gasteiger partial charge on any atom is -0.471 e. The second-order valence-electron chi connectivity index (χ2n) is 7.30. The predicted octanol–water partition coefficient (Wildman–Crippen LogP) is 3.50. The summed E-state index contributed by atoms with van der Waals surface area (Å²) in [6.07, 6.45) is 3.50. The Labute approximate surface area is 188 Å². The Morgan fingerprint density at radius 1 is 1.16 bits per heavy atom. The van der Waals surface area contributed by atoms with E-state index in [1.807, 2.05) is 36.5 Å². The summed E-state index contributed by atoms with van der Waals surface area (Å²) in [6, 6.07) is 9.89. The summed E-state index contributed by atoms with van der Waals surface area (Å²) in [5.74, 6) is 0.233. The van der Waals surface area contributed by atoms with Gasteiger partial charge in [-0.05, 0) is 19.4 Å². The highest BCUT2D eigenvalue weighted by atomic mass is 31.2. The zero-order valence-electron chi connectivity index (χ0n) is 18.5. The summed E-state index contributed by atoms with van der Waals surface area (Å²) in [7, 11) is -3.21. The van der Waals surface area contributed by atoms with Crippen molar-refractivity contribution in [1.82, 2.24) is 20.3 Å². The lowest BCUT2D eigenvalue weighted by atomic mass is 10.2. The zero-order chi connectivity index (χ0) is 22.8. The number of aromatic nitrogens is 3. The summed E-state index contributed by atoms with van der Waals surface area (Å²) in [6.45, 7) is 5.40. The van der Waals surface area contributed by atoms with Crippen molar-refractivity contribution in [2.45, 2.75) is 27.0 Å². The van der Waals surface area contributed by atoms with Crippen LogP contribution in [0.15, 0.2) is 42.9 Å². The largest absolute Gasteiger partial charge is 0.471 e. The lowest BCUT2D eigenvalue weighted by Gasteiger charge is -2.22. The Morgan fingerprint density at radius 2 is 1.91 bits per heavy atom. The predicted molar refractivity (Wildman–Crippen MR) is 123 cm³/mol. The summed E-state index contributed by atoms with van der Waals surface area (Å²) < 4.78 is 29.3. The number of H-pyrrole nitrogens is 1. The molecule has 174 valence electrons. The van der Waals surface area contributed by atoms with Crippen LogP contribution in [-0.2, 0) is 26.8 Å². The molecule has 0 spiro atoms. The molecule has 10 heteroatoms. The maximum absolute atomic E-state index is 12.7. The van der Waals surface area contributed by atoms with Gasteiger partial charge in [0.25, 0.3) is 0 Å². The molecule has 1 atom stereocenters. The number of benzene rings is 1. The number of ether oxygens (including phenoxy) is 1. The summed E-state index contributed by atoms with van der Waals surface area (Å²) >= 11 is 0. The molecule has 2 heterocycles. The van der Waals surface area contributed by atoms with Crippen molar-refractivity contribution in [2.75, 3.05) is 32.5 Å². The topological polar surface area (TPSA) is 119 Å². The second kappa shape index (κ2) is 12.1. The van der Waals surface area contributed by atoms with Crippen molar-refractivity contribution >= 4 is 18.6 Å². The fourth-order valence-corrected chi connectivity index (χ4v) is 5.34. The number of aromatic amines is 1. The van der Waals surface area contributed by atoms with Crippen LogP contribution in [0.2, 0.25) is 0 Å². The standard InChI is InChI=1S/C22H31N4O5P/c1-3-30-32(28,31-4-2)15-18(13-27)10-23-11-19-12-24-21-20(19)25-16-26-22(21)29-14-17-8-6-5-7-9-17/h5-9,12,16,18,23-24,27H,3-4,10-11,13-15H2,1-2H3. The first kappa shape index (κ1) is 24.4. The molecule has 0 aliphatic carbocycles. The molecule has 3 N–H and O–H groups in total. The number of aliphatic hydroxyl groups excluding tert-OH is 1. The molecule has 0 amide bonds. The van der Waals surface area contributed by atoms with Gasteiger partial charge in [-0.15, -0.1) is 0 Å². The molecule has 0 aliphatic heterocycles. The molecule has 1 unspecified atom stereocenters. The highest BCUT2D eigenvalue weighted by Gasteiger charge is 2.28. The van der Waals surface area contributed by atoms with E-state index in [0.717, 1.165) is 22.2 Å². The molecule has 0 aliphatic rings. The molecule has 1 aromatic carbocycles. The van der Waals surface area contributed by atoms with Crippen LogP contribution < -0.4 is 10.1 Å². The monoisotopic (exact) mass is 462 g/mol. The number of fused-ring (bicyclic) bond motifs is 1. The van der Waals surface area contributed by atoms with Gasteiger partial charge in [0.05, 0.1) is 24.9 Å². The average molecular weight is 462 g/mol. The molecule has 2 aromatic heterocycles. The third kappa shape index (κ3) is 6.60. The lowest BCUT2D eigenvalue weighted by Crippen LogP contribution is -2.28. The second-order valence-corrected chi connectivity index (χ2v) is 9.40. The smallest absolute Gasteiger partial charge is 0.331 e. The van der Waals surface area contributed by atoms with Crippen LogP contribution in [-0.4, -0.2) is 52.6 Å². The Bertz CT molecular complexity index is 1000. The fraction of sp³-hybridized carbons (Fsp3) is 0.455. The fourth-order valence-electron chi connectivity index (χ4n) is 3.39. The quantitative estimate of drug-likeness (QED) is 0.312. The van der Waals surface area contributed by atoms with Crippen molar-refractivity contribution in [3.8, 4) is 5.88 Å². The number of nitrogens with zero attached hydrogens (tertiary/aromatic N) is 2. The molecule has 32 heavy (non-hydrogen) atoms. The van der Waals surface area contributed by atoms with E-state index >= 15 is 0 Å². The molecule has 0 radical (unpaired) electrons. The van der Waals surface area contributed by atoms with Crippen LogP contribution in [0.1, 0.15) is 25.0 Å². The van der Waals surface area contributed by atoms with Gasteiger partial charge in [0.15, 0.2) is 0 Å². The molecule has 0 bridgehead atoms. The summed E-state index contributed by atoms with van der Waals surface area (Å²) in [4.78, 5) is 11.8. The Balaban J connectivity index is 1.59. The van der Waals surface area contributed by atoms with E-state index in [0.29, 0.717) is 38.8 Å². The molecule has 0 saturated heterocycles. The molecule has 0 saturated carbocycles. The maximum atomic E-state index is 12.7. The van der Waals surface area contributed by atoms with Crippen molar-refractivity contribution in [3.05, 3.63) is 54.0 Å². The molecule has 9 nitrogen and oxygen atoms in total. The number of hydrogen-bond acceptors (Lipinski definition) is 8. The van der Waals surface area contributed by atoms with Gasteiger partial charge in [-0.1, -0.05) is 30.3 Å². The third-order valence-electron chi connectivity index (χ3n) is 4.87. The van der Waals surface area contributed by atoms with Gasteiger partial charge in [0.2, 0.25) is 5.88 Å². The van der Waals surface area contributed by atoms with E-state index in [4.69, 9.17) is 13.8 Å².